The van der Waals surface area contributed by atoms with Gasteiger partial charge in [0.1, 0.15) is 0 Å². The van der Waals surface area contributed by atoms with Crippen LogP contribution in [0.5, 0.6) is 0 Å². The number of rotatable bonds is 19. The number of aromatic nitrogens is 2. The SMILES string of the molecule is CN1C(=O)C[C@H](C(=O)NCCOC2CCC(OCCCC(=O)NC3CCC(C(=O)NCC[C@]4(C(=O)N5CCc6ncc(C(F)(F)F)cc6C5)CC[C@@H](N[C@@H]5CCc6cc(Br)ccc65)C4)CC3)CC2)[C@H]1c1cccnc1. The lowest BCUT2D eigenvalue weighted by Gasteiger charge is -2.37. The Morgan fingerprint density at radius 3 is 2.36 bits per heavy atom. The molecule has 6 aliphatic rings. The number of amides is 5. The van der Waals surface area contributed by atoms with Gasteiger partial charge >= 0.3 is 6.18 Å². The number of nitrogens with zero attached hydrogens (tertiary/aromatic N) is 4. The zero-order valence-corrected chi connectivity index (χ0v) is 44.5. The van der Waals surface area contributed by atoms with Crippen LogP contribution in [0.4, 0.5) is 13.2 Å². The first kappa shape index (κ1) is 54.8. The van der Waals surface area contributed by atoms with E-state index in [1.54, 1.807) is 29.2 Å². The molecule has 0 radical (unpaired) electrons. The Morgan fingerprint density at radius 2 is 1.61 bits per heavy atom. The highest BCUT2D eigenvalue weighted by Crippen LogP contribution is 2.46. The van der Waals surface area contributed by atoms with Crippen molar-refractivity contribution in [3.63, 3.8) is 0 Å². The Hall–Kier alpha value is -4.98. The van der Waals surface area contributed by atoms with Crippen molar-refractivity contribution in [1.29, 1.82) is 0 Å². The number of fused-ring (bicyclic) bond motifs is 2. The molecule has 0 spiro atoms. The molecule has 4 heterocycles. The second kappa shape index (κ2) is 24.6. The van der Waals surface area contributed by atoms with E-state index in [0.29, 0.717) is 108 Å². The summed E-state index contributed by atoms with van der Waals surface area (Å²) in [6, 6.07) is 11.1. The molecule has 2 aromatic heterocycles. The summed E-state index contributed by atoms with van der Waals surface area (Å²) in [5, 5.41) is 13.1. The summed E-state index contributed by atoms with van der Waals surface area (Å²) in [7, 11) is 1.72. The Balaban J connectivity index is 0.661. The Kier molecular flexibility index (Phi) is 17.9. The van der Waals surface area contributed by atoms with Gasteiger partial charge in [-0.05, 0) is 143 Å². The number of pyridine rings is 2. The molecule has 4 fully saturated rings. The van der Waals surface area contributed by atoms with Crippen LogP contribution in [-0.2, 0) is 59.0 Å². The van der Waals surface area contributed by atoms with Crippen LogP contribution in [-0.4, -0.2) is 113 Å². The molecule has 1 saturated heterocycles. The lowest BCUT2D eigenvalue weighted by molar-refractivity contribution is -0.144. The summed E-state index contributed by atoms with van der Waals surface area (Å²) in [6.45, 7) is 2.01. The predicted octanol–water partition coefficient (Wildman–Crippen LogP) is 7.60. The molecule has 3 saturated carbocycles. The smallest absolute Gasteiger partial charge is 0.378 e. The fourth-order valence-corrected chi connectivity index (χ4v) is 13.2. The third kappa shape index (κ3) is 13.6. The van der Waals surface area contributed by atoms with E-state index in [-0.39, 0.29) is 84.8 Å². The van der Waals surface area contributed by atoms with Crippen LogP contribution in [0, 0.1) is 17.3 Å². The fraction of sp³-hybridized carbons (Fsp3) is 0.625. The van der Waals surface area contributed by atoms with E-state index < -0.39 is 23.1 Å². The molecule has 75 heavy (non-hydrogen) atoms. The standard InChI is InChI=1S/C56H72BrF3N8O7/c1-67-50(70)30-46(51(67)37-4-2-22-61-32-37)53(72)63-24-27-75-44-14-12-43(13-15-44)74-26-3-5-49(69)66-41-10-6-35(7-11-41)52(71)62-23-21-55(20-18-42(31-55)65-48-17-8-36-29-40(57)9-16-45(36)48)54(73)68-25-19-47-38(34-68)28-39(33-64-47)56(58,59)60/h2,4,9,16,22,28-29,32-33,35,41-44,46,48,51,65H,3,5-8,10-15,17-21,23-27,30-31,34H2,1H3,(H,62,71)(H,63,72)(H,66,69)/t35?,41?,42-,43?,44?,46+,48-,51-,55-/m1/s1. The summed E-state index contributed by atoms with van der Waals surface area (Å²) in [6.07, 6.45) is 11.9. The van der Waals surface area contributed by atoms with Gasteiger partial charge in [0.15, 0.2) is 0 Å². The van der Waals surface area contributed by atoms with Crippen molar-refractivity contribution in [2.24, 2.45) is 17.3 Å². The normalized spacial score (nSPS) is 27.7. The zero-order chi connectivity index (χ0) is 52.7. The number of alkyl halides is 3. The second-order valence-corrected chi connectivity index (χ2v) is 22.8. The number of aryl methyl sites for hydroxylation is 1. The van der Waals surface area contributed by atoms with Gasteiger partial charge < -0.3 is 40.5 Å². The van der Waals surface area contributed by atoms with Crippen LogP contribution in [0.3, 0.4) is 0 Å². The van der Waals surface area contributed by atoms with Gasteiger partial charge in [-0.15, -0.1) is 0 Å². The van der Waals surface area contributed by atoms with Crippen LogP contribution in [0.15, 0.2) is 59.5 Å². The van der Waals surface area contributed by atoms with Gasteiger partial charge in [-0.2, -0.15) is 13.2 Å². The number of hydrogen-bond acceptors (Lipinski definition) is 10. The van der Waals surface area contributed by atoms with Crippen LogP contribution < -0.4 is 21.3 Å². The topological polar surface area (TPSA) is 184 Å². The van der Waals surface area contributed by atoms with Crippen LogP contribution in [0.1, 0.15) is 148 Å². The van der Waals surface area contributed by atoms with Gasteiger partial charge in [0.05, 0.1) is 41.8 Å². The Morgan fingerprint density at radius 1 is 0.853 bits per heavy atom. The zero-order valence-electron chi connectivity index (χ0n) is 42.9. The van der Waals surface area contributed by atoms with E-state index in [0.717, 1.165) is 67.2 Å². The Bertz CT molecular complexity index is 2510. The number of carbonyl (C=O) groups is 5. The average molecular weight is 1110 g/mol. The van der Waals surface area contributed by atoms with E-state index in [9.17, 15) is 37.1 Å². The van der Waals surface area contributed by atoms with E-state index in [1.165, 1.54) is 11.1 Å². The monoisotopic (exact) mass is 1100 g/mol. The highest BCUT2D eigenvalue weighted by Gasteiger charge is 2.48. The van der Waals surface area contributed by atoms with E-state index >= 15 is 0 Å². The molecule has 0 unspecified atom stereocenters. The molecule has 0 bridgehead atoms. The first-order chi connectivity index (χ1) is 36.1. The molecule has 5 amide bonds. The minimum atomic E-state index is -4.53. The summed E-state index contributed by atoms with van der Waals surface area (Å²) >= 11 is 3.59. The molecule has 406 valence electrons. The van der Waals surface area contributed by atoms with Gasteiger partial charge in [-0.3, -0.25) is 33.9 Å². The van der Waals surface area contributed by atoms with E-state index in [4.69, 9.17) is 9.47 Å². The number of carbonyl (C=O) groups excluding carboxylic acids is 5. The maximum Gasteiger partial charge on any atom is 0.417 e. The van der Waals surface area contributed by atoms with Crippen molar-refractivity contribution in [1.82, 2.24) is 41.0 Å². The maximum absolute atomic E-state index is 14.7. The van der Waals surface area contributed by atoms with Crippen molar-refractivity contribution in [2.75, 3.05) is 39.9 Å². The molecule has 4 aliphatic carbocycles. The quantitative estimate of drug-likeness (QED) is 0.0873. The number of hydrogen-bond donors (Lipinski definition) is 4. The van der Waals surface area contributed by atoms with Gasteiger partial charge in [0, 0.05) is 112 Å². The van der Waals surface area contributed by atoms with E-state index in [1.807, 2.05) is 12.1 Å². The summed E-state index contributed by atoms with van der Waals surface area (Å²) < 4.78 is 54.3. The molecule has 9 rings (SSSR count). The highest BCUT2D eigenvalue weighted by atomic mass is 79.9. The first-order valence-electron chi connectivity index (χ1n) is 27.2. The summed E-state index contributed by atoms with van der Waals surface area (Å²) in [5.41, 5.74) is 2.84. The van der Waals surface area contributed by atoms with E-state index in [2.05, 4.69) is 65.4 Å². The lowest BCUT2D eigenvalue weighted by Crippen LogP contribution is -2.47. The molecule has 4 N–H and O–H groups in total. The second-order valence-electron chi connectivity index (χ2n) is 21.9. The third-order valence-electron chi connectivity index (χ3n) is 16.9. The van der Waals surface area contributed by atoms with Crippen molar-refractivity contribution in [2.45, 2.75) is 165 Å². The number of nitrogens with one attached hydrogen (secondary N) is 4. The van der Waals surface area contributed by atoms with Crippen molar-refractivity contribution >= 4 is 45.5 Å². The van der Waals surface area contributed by atoms with Crippen LogP contribution in [0.2, 0.25) is 0 Å². The van der Waals surface area contributed by atoms with Gasteiger partial charge in [-0.1, -0.05) is 28.1 Å². The molecule has 5 atom stereocenters. The predicted molar refractivity (Wildman–Crippen MR) is 276 cm³/mol. The average Bonchev–Trinajstić information content (AvgIpc) is 4.11. The minimum absolute atomic E-state index is 0.00214. The minimum Gasteiger partial charge on any atom is -0.378 e. The number of benzene rings is 1. The Labute approximate surface area is 446 Å². The van der Waals surface area contributed by atoms with Crippen molar-refractivity contribution in [3.05, 3.63) is 93.0 Å². The third-order valence-corrected chi connectivity index (χ3v) is 17.4. The lowest BCUT2D eigenvalue weighted by atomic mass is 9.80. The summed E-state index contributed by atoms with van der Waals surface area (Å²) in [5.74, 6) is -1.05. The van der Waals surface area contributed by atoms with Crippen LogP contribution >= 0.6 is 15.9 Å². The fourth-order valence-electron chi connectivity index (χ4n) is 12.8. The van der Waals surface area contributed by atoms with Crippen molar-refractivity contribution in [3.8, 4) is 0 Å². The summed E-state index contributed by atoms with van der Waals surface area (Å²) in [4.78, 5) is 78.4. The van der Waals surface area contributed by atoms with Gasteiger partial charge in [0.2, 0.25) is 29.5 Å². The molecular formula is C56H72BrF3N8O7. The maximum atomic E-state index is 14.7. The molecule has 2 aliphatic heterocycles. The number of likely N-dealkylation sites (tertiary alicyclic amines) is 1. The highest BCUT2D eigenvalue weighted by molar-refractivity contribution is 9.10. The first-order valence-corrected chi connectivity index (χ1v) is 28.0. The molecular weight excluding hydrogens is 1030 g/mol. The largest absolute Gasteiger partial charge is 0.417 e. The molecule has 15 nitrogen and oxygen atoms in total. The van der Waals surface area contributed by atoms with Crippen molar-refractivity contribution < 1.29 is 46.6 Å². The van der Waals surface area contributed by atoms with Gasteiger partial charge in [0.25, 0.3) is 0 Å². The molecule has 19 heteroatoms. The number of halogens is 4. The molecule has 3 aromatic rings. The van der Waals surface area contributed by atoms with Gasteiger partial charge in [-0.25, -0.2) is 0 Å². The molecule has 1 aromatic carbocycles. The number of ether oxygens (including phenoxy) is 2. The van der Waals surface area contributed by atoms with Crippen LogP contribution in [0.25, 0.3) is 0 Å².